The zero-order chi connectivity index (χ0) is 24.9. The van der Waals surface area contributed by atoms with Crippen molar-refractivity contribution in [2.24, 2.45) is 0 Å². The van der Waals surface area contributed by atoms with E-state index in [2.05, 4.69) is 33.4 Å². The van der Waals surface area contributed by atoms with Crippen LogP contribution in [0.3, 0.4) is 0 Å². The normalized spacial score (nSPS) is 13.8. The van der Waals surface area contributed by atoms with Crippen LogP contribution in [-0.2, 0) is 9.53 Å². The van der Waals surface area contributed by atoms with Crippen LogP contribution in [0.1, 0.15) is 39.5 Å². The summed E-state index contributed by atoms with van der Waals surface area (Å²) in [6, 6.07) is 15.4. The molecule has 2 aromatic carbocycles. The molecule has 2 amide bonds. The highest BCUT2D eigenvalue weighted by atomic mass is 16.5. The third-order valence-electron chi connectivity index (χ3n) is 5.94. The number of hydrogen-bond donors (Lipinski definition) is 2. The van der Waals surface area contributed by atoms with Gasteiger partial charge in [-0.1, -0.05) is 38.0 Å². The summed E-state index contributed by atoms with van der Waals surface area (Å²) in [5.74, 6) is 0.703. The van der Waals surface area contributed by atoms with Crippen molar-refractivity contribution >= 4 is 29.1 Å². The lowest BCUT2D eigenvalue weighted by atomic mass is 10.2. The van der Waals surface area contributed by atoms with Gasteiger partial charge in [0.05, 0.1) is 12.3 Å². The number of nitrogens with one attached hydrogen (secondary N) is 2. The highest BCUT2D eigenvalue weighted by molar-refractivity contribution is 5.91. The molecule has 0 unspecified atom stereocenters. The molecule has 190 valence electrons. The molecule has 1 aliphatic heterocycles. The summed E-state index contributed by atoms with van der Waals surface area (Å²) in [5.41, 5.74) is 2.56. The van der Waals surface area contributed by atoms with Crippen LogP contribution in [0.5, 0.6) is 5.75 Å². The topological polar surface area (TPSA) is 83.1 Å². The summed E-state index contributed by atoms with van der Waals surface area (Å²) in [4.78, 5) is 28.9. The quantitative estimate of drug-likeness (QED) is 0.416. The van der Waals surface area contributed by atoms with Gasteiger partial charge in [0.1, 0.15) is 12.4 Å². The fraction of sp³-hybridized carbons (Fsp3) is 0.481. The lowest BCUT2D eigenvalue weighted by molar-refractivity contribution is -0.116. The van der Waals surface area contributed by atoms with Gasteiger partial charge in [-0.25, -0.2) is 4.79 Å². The summed E-state index contributed by atoms with van der Waals surface area (Å²) < 4.78 is 10.9. The first-order chi connectivity index (χ1) is 17.1. The maximum atomic E-state index is 12.2. The Morgan fingerprint density at radius 2 is 1.74 bits per heavy atom. The fourth-order valence-corrected chi connectivity index (χ4v) is 4.03. The van der Waals surface area contributed by atoms with Crippen molar-refractivity contribution in [2.75, 3.05) is 61.5 Å². The summed E-state index contributed by atoms with van der Waals surface area (Å²) in [6.45, 7) is 9.08. The van der Waals surface area contributed by atoms with E-state index < -0.39 is 6.09 Å². The van der Waals surface area contributed by atoms with E-state index in [1.165, 1.54) is 0 Å². The molecule has 0 aromatic heterocycles. The number of para-hydroxylation sites is 2. The van der Waals surface area contributed by atoms with E-state index in [9.17, 15) is 9.59 Å². The number of unbranched alkanes of at least 4 members (excludes halogenated alkanes) is 2. The lowest BCUT2D eigenvalue weighted by Crippen LogP contribution is -2.47. The van der Waals surface area contributed by atoms with Gasteiger partial charge in [0, 0.05) is 50.5 Å². The summed E-state index contributed by atoms with van der Waals surface area (Å²) in [7, 11) is 0. The Kier molecular flexibility index (Phi) is 10.7. The van der Waals surface area contributed by atoms with Crippen molar-refractivity contribution in [3.05, 3.63) is 48.5 Å². The summed E-state index contributed by atoms with van der Waals surface area (Å²) >= 11 is 0. The van der Waals surface area contributed by atoms with Crippen LogP contribution in [0.4, 0.5) is 21.9 Å². The molecule has 0 bridgehead atoms. The summed E-state index contributed by atoms with van der Waals surface area (Å²) in [6.07, 6.45) is 3.20. The summed E-state index contributed by atoms with van der Waals surface area (Å²) in [5, 5.41) is 5.77. The second kappa shape index (κ2) is 14.2. The second-order valence-electron chi connectivity index (χ2n) is 8.57. The average molecular weight is 483 g/mol. The van der Waals surface area contributed by atoms with Crippen molar-refractivity contribution in [3.63, 3.8) is 0 Å². The molecule has 3 rings (SSSR count). The first-order valence-corrected chi connectivity index (χ1v) is 12.6. The minimum atomic E-state index is -0.482. The zero-order valence-electron chi connectivity index (χ0n) is 20.9. The SMILES string of the molecule is CCCCCC(=O)Nc1cccc(N2CCN(CCOC(=O)Nc3ccccc3OCC)CC2)c1. The molecule has 1 fully saturated rings. The standard InChI is InChI=1S/C27H38N4O4/c1-3-5-6-14-26(32)28-22-10-9-11-23(21-22)31-17-15-30(16-18-31)19-20-35-27(33)29-24-12-7-8-13-25(24)34-4-2/h7-13,21H,3-6,14-20H2,1-2H3,(H,28,32)(H,29,33). The number of amides is 2. The number of ether oxygens (including phenoxy) is 2. The van der Waals surface area contributed by atoms with Gasteiger partial charge in [0.25, 0.3) is 0 Å². The van der Waals surface area contributed by atoms with Crippen molar-refractivity contribution in [1.29, 1.82) is 0 Å². The van der Waals surface area contributed by atoms with Crippen LogP contribution >= 0.6 is 0 Å². The highest BCUT2D eigenvalue weighted by Gasteiger charge is 2.18. The number of rotatable bonds is 12. The maximum absolute atomic E-state index is 12.2. The molecule has 0 saturated carbocycles. The van der Waals surface area contributed by atoms with Crippen LogP contribution in [0, 0.1) is 0 Å². The molecule has 0 radical (unpaired) electrons. The Balaban J connectivity index is 1.38. The van der Waals surface area contributed by atoms with E-state index in [1.807, 2.05) is 43.3 Å². The first-order valence-electron chi connectivity index (χ1n) is 12.6. The molecule has 8 heteroatoms. The van der Waals surface area contributed by atoms with Crippen molar-refractivity contribution in [3.8, 4) is 5.75 Å². The molecule has 2 aromatic rings. The predicted molar refractivity (Wildman–Crippen MR) is 140 cm³/mol. The molecular weight excluding hydrogens is 444 g/mol. The Morgan fingerprint density at radius 3 is 2.51 bits per heavy atom. The van der Waals surface area contributed by atoms with Gasteiger partial charge in [-0.2, -0.15) is 0 Å². The molecule has 1 heterocycles. The molecule has 0 atom stereocenters. The third kappa shape index (κ3) is 8.79. The highest BCUT2D eigenvalue weighted by Crippen LogP contribution is 2.24. The Hall–Kier alpha value is -3.26. The minimum absolute atomic E-state index is 0.0748. The smallest absolute Gasteiger partial charge is 0.411 e. The van der Waals surface area contributed by atoms with Gasteiger partial charge >= 0.3 is 6.09 Å². The van der Waals surface area contributed by atoms with E-state index in [-0.39, 0.29) is 5.91 Å². The number of nitrogens with zero attached hydrogens (tertiary/aromatic N) is 2. The molecule has 2 N–H and O–H groups in total. The third-order valence-corrected chi connectivity index (χ3v) is 5.94. The fourth-order valence-electron chi connectivity index (χ4n) is 4.03. The Bertz CT molecular complexity index is 944. The molecule has 1 aliphatic rings. The molecule has 0 aliphatic carbocycles. The zero-order valence-corrected chi connectivity index (χ0v) is 20.9. The average Bonchev–Trinajstić information content (AvgIpc) is 2.86. The number of piperazine rings is 1. The van der Waals surface area contributed by atoms with Crippen molar-refractivity contribution < 1.29 is 19.1 Å². The number of carbonyl (C=O) groups excluding carboxylic acids is 2. The number of hydrogen-bond acceptors (Lipinski definition) is 6. The molecule has 1 saturated heterocycles. The first kappa shape index (κ1) is 26.3. The molecule has 0 spiro atoms. The van der Waals surface area contributed by atoms with E-state index in [1.54, 1.807) is 6.07 Å². The molecule has 8 nitrogen and oxygen atoms in total. The molecule has 35 heavy (non-hydrogen) atoms. The van der Waals surface area contributed by atoms with Gasteiger partial charge < -0.3 is 19.7 Å². The van der Waals surface area contributed by atoms with Gasteiger partial charge in [-0.3, -0.25) is 15.0 Å². The Morgan fingerprint density at radius 1 is 0.943 bits per heavy atom. The molecular formula is C27H38N4O4. The second-order valence-corrected chi connectivity index (χ2v) is 8.57. The van der Waals surface area contributed by atoms with Crippen LogP contribution in [0.2, 0.25) is 0 Å². The van der Waals surface area contributed by atoms with Crippen LogP contribution < -0.4 is 20.3 Å². The lowest BCUT2D eigenvalue weighted by Gasteiger charge is -2.36. The van der Waals surface area contributed by atoms with Gasteiger partial charge in [0.2, 0.25) is 5.91 Å². The van der Waals surface area contributed by atoms with Gasteiger partial charge in [-0.15, -0.1) is 0 Å². The number of carbonyl (C=O) groups is 2. The van der Waals surface area contributed by atoms with Crippen molar-refractivity contribution in [2.45, 2.75) is 39.5 Å². The van der Waals surface area contributed by atoms with Crippen molar-refractivity contribution in [1.82, 2.24) is 4.90 Å². The predicted octanol–water partition coefficient (Wildman–Crippen LogP) is 4.97. The van der Waals surface area contributed by atoms with E-state index in [4.69, 9.17) is 9.47 Å². The van der Waals surface area contributed by atoms with Gasteiger partial charge in [0.15, 0.2) is 0 Å². The van der Waals surface area contributed by atoms with E-state index in [0.717, 1.165) is 56.8 Å². The largest absolute Gasteiger partial charge is 0.492 e. The van der Waals surface area contributed by atoms with Crippen LogP contribution in [-0.4, -0.2) is 62.8 Å². The monoisotopic (exact) mass is 482 g/mol. The van der Waals surface area contributed by atoms with Gasteiger partial charge in [-0.05, 0) is 43.7 Å². The number of anilines is 3. The maximum Gasteiger partial charge on any atom is 0.411 e. The minimum Gasteiger partial charge on any atom is -0.492 e. The van der Waals surface area contributed by atoms with E-state index in [0.29, 0.717) is 37.6 Å². The number of benzene rings is 2. The van der Waals surface area contributed by atoms with E-state index >= 15 is 0 Å². The Labute approximate surface area is 208 Å². The van der Waals surface area contributed by atoms with Crippen LogP contribution in [0.25, 0.3) is 0 Å². The van der Waals surface area contributed by atoms with Crippen LogP contribution in [0.15, 0.2) is 48.5 Å².